The van der Waals surface area contributed by atoms with Gasteiger partial charge in [-0.15, -0.1) is 0 Å². The van der Waals surface area contributed by atoms with Crippen molar-refractivity contribution < 1.29 is 4.74 Å². The Bertz CT molecular complexity index is 440. The van der Waals surface area contributed by atoms with Gasteiger partial charge in [0.2, 0.25) is 0 Å². The molecular weight excluding hydrogens is 236 g/mol. The van der Waals surface area contributed by atoms with Crippen LogP contribution in [0.2, 0.25) is 0 Å². The molecule has 2 aliphatic heterocycles. The summed E-state index contributed by atoms with van der Waals surface area (Å²) >= 11 is 0. The molecule has 1 saturated heterocycles. The third-order valence-corrected chi connectivity index (χ3v) is 4.60. The Labute approximate surface area is 115 Å². The van der Waals surface area contributed by atoms with E-state index in [1.807, 2.05) is 0 Å². The molecule has 19 heavy (non-hydrogen) atoms. The van der Waals surface area contributed by atoms with Gasteiger partial charge in [-0.3, -0.25) is 0 Å². The van der Waals surface area contributed by atoms with E-state index in [9.17, 15) is 0 Å². The first-order valence-electron chi connectivity index (χ1n) is 7.37. The first kappa shape index (κ1) is 12.8. The van der Waals surface area contributed by atoms with Gasteiger partial charge in [0.25, 0.3) is 0 Å². The van der Waals surface area contributed by atoms with E-state index in [2.05, 4.69) is 35.5 Å². The number of rotatable bonds is 3. The van der Waals surface area contributed by atoms with Crippen LogP contribution >= 0.6 is 0 Å². The molecule has 0 aliphatic carbocycles. The van der Waals surface area contributed by atoms with E-state index < -0.39 is 0 Å². The molecule has 0 aromatic heterocycles. The van der Waals surface area contributed by atoms with Crippen molar-refractivity contribution in [2.75, 3.05) is 38.7 Å². The number of ether oxygens (including phenoxy) is 1. The maximum Gasteiger partial charge on any atom is 0.119 e. The van der Waals surface area contributed by atoms with Crippen LogP contribution in [0, 0.1) is 5.92 Å². The number of likely N-dealkylation sites (N-methyl/N-ethyl adjacent to an activating group) is 1. The summed E-state index contributed by atoms with van der Waals surface area (Å²) < 4.78 is 5.38. The highest BCUT2D eigenvalue weighted by atomic mass is 16.5. The molecule has 2 aliphatic rings. The van der Waals surface area contributed by atoms with Crippen molar-refractivity contribution in [1.29, 1.82) is 0 Å². The van der Waals surface area contributed by atoms with Gasteiger partial charge in [-0.05, 0) is 62.0 Å². The van der Waals surface area contributed by atoms with E-state index in [1.54, 1.807) is 7.11 Å². The smallest absolute Gasteiger partial charge is 0.119 e. The van der Waals surface area contributed by atoms with Crippen LogP contribution in [0.5, 0.6) is 5.75 Å². The quantitative estimate of drug-likeness (QED) is 0.904. The number of hydrogen-bond acceptors (Lipinski definition) is 3. The number of nitrogens with zero attached hydrogens (tertiary/aromatic N) is 1. The van der Waals surface area contributed by atoms with Crippen molar-refractivity contribution in [3.63, 3.8) is 0 Å². The summed E-state index contributed by atoms with van der Waals surface area (Å²) in [6.07, 6.45) is 4.02. The Morgan fingerprint density at radius 2 is 2.32 bits per heavy atom. The molecule has 0 radical (unpaired) electrons. The molecular formula is C16H24N2O. The number of anilines is 1. The summed E-state index contributed by atoms with van der Waals surface area (Å²) in [6.45, 7) is 3.55. The van der Waals surface area contributed by atoms with Gasteiger partial charge < -0.3 is 15.0 Å². The Balaban J connectivity index is 1.77. The van der Waals surface area contributed by atoms with Gasteiger partial charge in [-0.25, -0.2) is 0 Å². The van der Waals surface area contributed by atoms with Gasteiger partial charge in [0.05, 0.1) is 7.11 Å². The minimum atomic E-state index is 0.667. The number of fused-ring (bicyclic) bond motifs is 1. The Hall–Kier alpha value is -1.22. The second-order valence-corrected chi connectivity index (χ2v) is 5.95. The summed E-state index contributed by atoms with van der Waals surface area (Å²) in [5.74, 6) is 2.49. The topological polar surface area (TPSA) is 24.5 Å². The highest BCUT2D eigenvalue weighted by Crippen LogP contribution is 2.41. The molecule has 0 saturated carbocycles. The molecule has 1 aromatic rings. The minimum Gasteiger partial charge on any atom is -0.497 e. The average Bonchev–Trinajstić information content (AvgIpc) is 2.76. The summed E-state index contributed by atoms with van der Waals surface area (Å²) in [5, 5.41) is 3.53. The van der Waals surface area contributed by atoms with Gasteiger partial charge in [0.15, 0.2) is 0 Å². The van der Waals surface area contributed by atoms with Crippen LogP contribution in [0.3, 0.4) is 0 Å². The molecule has 3 nitrogen and oxygen atoms in total. The Morgan fingerprint density at radius 3 is 3.05 bits per heavy atom. The Kier molecular flexibility index (Phi) is 3.65. The summed E-state index contributed by atoms with van der Waals surface area (Å²) in [5.41, 5.74) is 2.86. The van der Waals surface area contributed by atoms with Crippen molar-refractivity contribution in [1.82, 2.24) is 5.32 Å². The van der Waals surface area contributed by atoms with Gasteiger partial charge in [-0.2, -0.15) is 0 Å². The molecule has 0 bridgehead atoms. The van der Waals surface area contributed by atoms with Crippen molar-refractivity contribution >= 4 is 5.69 Å². The van der Waals surface area contributed by atoms with E-state index in [1.165, 1.54) is 43.6 Å². The molecule has 1 N–H and O–H groups in total. The number of hydrogen-bond donors (Lipinski definition) is 1. The molecule has 104 valence electrons. The lowest BCUT2D eigenvalue weighted by atomic mass is 9.86. The second-order valence-electron chi connectivity index (χ2n) is 5.95. The largest absolute Gasteiger partial charge is 0.497 e. The molecule has 0 amide bonds. The highest BCUT2D eigenvalue weighted by Gasteiger charge is 2.29. The zero-order valence-electron chi connectivity index (χ0n) is 12.0. The minimum absolute atomic E-state index is 0.667. The molecule has 2 unspecified atom stereocenters. The predicted octanol–water partition coefficient (Wildman–Crippen LogP) is 2.62. The van der Waals surface area contributed by atoms with Crippen molar-refractivity contribution in [2.24, 2.45) is 5.92 Å². The predicted molar refractivity (Wildman–Crippen MR) is 79.2 cm³/mol. The molecule has 1 aromatic carbocycles. The fraction of sp³-hybridized carbons (Fsp3) is 0.625. The fourth-order valence-corrected chi connectivity index (χ4v) is 3.59. The van der Waals surface area contributed by atoms with Gasteiger partial charge in [0.1, 0.15) is 5.75 Å². The summed E-state index contributed by atoms with van der Waals surface area (Å²) in [4.78, 5) is 2.38. The van der Waals surface area contributed by atoms with Gasteiger partial charge >= 0.3 is 0 Å². The van der Waals surface area contributed by atoms with Crippen LogP contribution < -0.4 is 15.0 Å². The molecule has 2 heterocycles. The molecule has 1 fully saturated rings. The van der Waals surface area contributed by atoms with E-state index in [0.29, 0.717) is 5.92 Å². The molecule has 3 rings (SSSR count). The van der Waals surface area contributed by atoms with Crippen LogP contribution in [0.1, 0.15) is 30.7 Å². The lowest BCUT2D eigenvalue weighted by Gasteiger charge is -2.25. The van der Waals surface area contributed by atoms with Crippen LogP contribution in [0.15, 0.2) is 18.2 Å². The zero-order valence-corrected chi connectivity index (χ0v) is 12.0. The summed E-state index contributed by atoms with van der Waals surface area (Å²) in [6, 6.07) is 6.51. The second kappa shape index (κ2) is 5.41. The third kappa shape index (κ3) is 2.57. The maximum absolute atomic E-state index is 5.38. The zero-order chi connectivity index (χ0) is 13.2. The molecule has 2 atom stereocenters. The van der Waals surface area contributed by atoms with E-state index in [0.717, 1.165) is 18.2 Å². The van der Waals surface area contributed by atoms with Crippen LogP contribution in [-0.4, -0.2) is 33.8 Å². The average molecular weight is 260 g/mol. The lowest BCUT2D eigenvalue weighted by Crippen LogP contribution is -2.31. The number of benzene rings is 1. The molecule has 0 spiro atoms. The highest BCUT2D eigenvalue weighted by molar-refractivity contribution is 5.61. The first-order valence-corrected chi connectivity index (χ1v) is 7.37. The van der Waals surface area contributed by atoms with E-state index >= 15 is 0 Å². The Morgan fingerprint density at radius 1 is 1.42 bits per heavy atom. The van der Waals surface area contributed by atoms with Crippen LogP contribution in [0.25, 0.3) is 0 Å². The number of nitrogens with one attached hydrogen (secondary N) is 1. The van der Waals surface area contributed by atoms with Crippen molar-refractivity contribution in [3.8, 4) is 5.75 Å². The van der Waals surface area contributed by atoms with Gasteiger partial charge in [0, 0.05) is 25.2 Å². The van der Waals surface area contributed by atoms with Crippen molar-refractivity contribution in [3.05, 3.63) is 23.8 Å². The standard InChI is InChI=1S/C16H24N2O/c1-18-11-13(8-12-4-3-7-17-10-12)15-9-14(19-2)5-6-16(15)18/h5-6,9,12-13,17H,3-4,7-8,10-11H2,1-2H3. The van der Waals surface area contributed by atoms with Crippen molar-refractivity contribution in [2.45, 2.75) is 25.2 Å². The third-order valence-electron chi connectivity index (χ3n) is 4.60. The lowest BCUT2D eigenvalue weighted by molar-refractivity contribution is 0.338. The van der Waals surface area contributed by atoms with E-state index in [-0.39, 0.29) is 0 Å². The van der Waals surface area contributed by atoms with E-state index in [4.69, 9.17) is 4.74 Å². The summed E-state index contributed by atoms with van der Waals surface area (Å²) in [7, 11) is 3.95. The van der Waals surface area contributed by atoms with Gasteiger partial charge in [-0.1, -0.05) is 0 Å². The monoisotopic (exact) mass is 260 g/mol. The first-order chi connectivity index (χ1) is 9.28. The SMILES string of the molecule is COc1ccc2c(c1)C(CC1CCCNC1)CN2C. The number of piperidine rings is 1. The normalized spacial score (nSPS) is 26.3. The van der Waals surface area contributed by atoms with Crippen LogP contribution in [-0.2, 0) is 0 Å². The number of methoxy groups -OCH3 is 1. The molecule has 3 heteroatoms. The maximum atomic E-state index is 5.38. The fourth-order valence-electron chi connectivity index (χ4n) is 3.59. The van der Waals surface area contributed by atoms with Crippen LogP contribution in [0.4, 0.5) is 5.69 Å².